The van der Waals surface area contributed by atoms with Gasteiger partial charge in [-0.25, -0.2) is 4.39 Å². The Morgan fingerprint density at radius 1 is 1.28 bits per heavy atom. The molecular formula is C19H26FN3O2. The maximum absolute atomic E-state index is 13.0. The average molecular weight is 347 g/mol. The van der Waals surface area contributed by atoms with Crippen LogP contribution in [0.15, 0.2) is 24.3 Å². The number of amides is 2. The molecule has 1 aromatic carbocycles. The molecule has 0 aromatic heterocycles. The van der Waals surface area contributed by atoms with Gasteiger partial charge in [0, 0.05) is 38.6 Å². The standard InChI is InChI=1S/C19H26FN3O2/c20-16-6-4-15(5-7-16)13-23(17-8-9-17)14-18(24)21-10-2-12-22-11-1-3-19(22)25/h4-7,17H,1-3,8-14H2,(H,21,24). The lowest BCUT2D eigenvalue weighted by Gasteiger charge is -2.22. The van der Waals surface area contributed by atoms with Gasteiger partial charge in [0.05, 0.1) is 6.54 Å². The molecule has 0 radical (unpaired) electrons. The number of hydrogen-bond acceptors (Lipinski definition) is 3. The van der Waals surface area contributed by atoms with E-state index in [1.807, 2.05) is 4.90 Å². The first-order valence-electron chi connectivity index (χ1n) is 9.15. The van der Waals surface area contributed by atoms with Crippen LogP contribution in [0.5, 0.6) is 0 Å². The van der Waals surface area contributed by atoms with Gasteiger partial charge < -0.3 is 10.2 Å². The molecular weight excluding hydrogens is 321 g/mol. The Labute approximate surface area is 148 Å². The Kier molecular flexibility index (Phi) is 6.02. The number of nitrogens with zero attached hydrogens (tertiary/aromatic N) is 2. The molecule has 25 heavy (non-hydrogen) atoms. The van der Waals surface area contributed by atoms with Crippen molar-refractivity contribution in [3.8, 4) is 0 Å². The molecule has 0 bridgehead atoms. The van der Waals surface area contributed by atoms with E-state index in [0.717, 1.165) is 44.3 Å². The van der Waals surface area contributed by atoms with Gasteiger partial charge in [0.2, 0.25) is 11.8 Å². The molecule has 0 unspecified atom stereocenters. The molecule has 1 N–H and O–H groups in total. The second-order valence-corrected chi connectivity index (χ2v) is 6.95. The molecule has 0 atom stereocenters. The molecule has 3 rings (SSSR count). The number of carbonyl (C=O) groups excluding carboxylic acids is 2. The molecule has 1 aliphatic heterocycles. The molecule has 2 amide bonds. The van der Waals surface area contributed by atoms with Crippen LogP contribution in [0, 0.1) is 5.82 Å². The van der Waals surface area contributed by atoms with E-state index in [4.69, 9.17) is 0 Å². The summed E-state index contributed by atoms with van der Waals surface area (Å²) in [5.41, 5.74) is 1.02. The lowest BCUT2D eigenvalue weighted by atomic mass is 10.2. The molecule has 0 spiro atoms. The summed E-state index contributed by atoms with van der Waals surface area (Å²) < 4.78 is 13.0. The number of nitrogens with one attached hydrogen (secondary N) is 1. The summed E-state index contributed by atoms with van der Waals surface area (Å²) in [5.74, 6) is 0.00300. The summed E-state index contributed by atoms with van der Waals surface area (Å²) in [6.45, 7) is 3.20. The minimum absolute atomic E-state index is 0.0155. The number of rotatable bonds is 9. The second-order valence-electron chi connectivity index (χ2n) is 6.95. The monoisotopic (exact) mass is 347 g/mol. The number of halogens is 1. The van der Waals surface area contributed by atoms with Crippen molar-refractivity contribution in [2.45, 2.75) is 44.7 Å². The second kappa shape index (κ2) is 8.43. The Hall–Kier alpha value is -1.95. The van der Waals surface area contributed by atoms with Gasteiger partial charge in [-0.05, 0) is 43.4 Å². The fourth-order valence-electron chi connectivity index (χ4n) is 3.26. The number of carbonyl (C=O) groups is 2. The van der Waals surface area contributed by atoms with Crippen molar-refractivity contribution < 1.29 is 14.0 Å². The van der Waals surface area contributed by atoms with E-state index in [0.29, 0.717) is 32.1 Å². The van der Waals surface area contributed by atoms with E-state index in [-0.39, 0.29) is 17.6 Å². The third kappa shape index (κ3) is 5.53. The highest BCUT2D eigenvalue weighted by Gasteiger charge is 2.30. The fraction of sp³-hybridized carbons (Fsp3) is 0.579. The molecule has 1 saturated heterocycles. The maximum Gasteiger partial charge on any atom is 0.234 e. The van der Waals surface area contributed by atoms with Crippen molar-refractivity contribution in [1.82, 2.24) is 15.1 Å². The Morgan fingerprint density at radius 3 is 2.68 bits per heavy atom. The van der Waals surface area contributed by atoms with Crippen LogP contribution in [-0.4, -0.2) is 53.8 Å². The van der Waals surface area contributed by atoms with Crippen LogP contribution in [0.4, 0.5) is 4.39 Å². The Morgan fingerprint density at radius 2 is 2.04 bits per heavy atom. The van der Waals surface area contributed by atoms with Crippen molar-refractivity contribution in [3.05, 3.63) is 35.6 Å². The SMILES string of the molecule is O=C(CN(Cc1ccc(F)cc1)C1CC1)NCCCN1CCCC1=O. The summed E-state index contributed by atoms with van der Waals surface area (Å²) >= 11 is 0. The summed E-state index contributed by atoms with van der Waals surface area (Å²) in [4.78, 5) is 27.8. The van der Waals surface area contributed by atoms with Gasteiger partial charge in [0.25, 0.3) is 0 Å². The van der Waals surface area contributed by atoms with E-state index in [9.17, 15) is 14.0 Å². The number of hydrogen-bond donors (Lipinski definition) is 1. The van der Waals surface area contributed by atoms with Gasteiger partial charge >= 0.3 is 0 Å². The molecule has 136 valence electrons. The highest BCUT2D eigenvalue weighted by atomic mass is 19.1. The van der Waals surface area contributed by atoms with E-state index in [2.05, 4.69) is 10.2 Å². The zero-order chi connectivity index (χ0) is 17.6. The molecule has 6 heteroatoms. The summed E-state index contributed by atoms with van der Waals surface area (Å²) in [5, 5.41) is 2.95. The first-order valence-corrected chi connectivity index (χ1v) is 9.15. The van der Waals surface area contributed by atoms with Crippen LogP contribution in [0.1, 0.15) is 37.7 Å². The summed E-state index contributed by atoms with van der Waals surface area (Å²) in [6, 6.07) is 6.92. The molecule has 1 saturated carbocycles. The largest absolute Gasteiger partial charge is 0.355 e. The quantitative estimate of drug-likeness (QED) is 0.695. The van der Waals surface area contributed by atoms with Gasteiger partial charge in [-0.1, -0.05) is 12.1 Å². The molecule has 2 aliphatic rings. The van der Waals surface area contributed by atoms with Crippen molar-refractivity contribution >= 4 is 11.8 Å². The van der Waals surface area contributed by atoms with Crippen LogP contribution < -0.4 is 5.32 Å². The predicted molar refractivity (Wildman–Crippen MR) is 93.3 cm³/mol. The summed E-state index contributed by atoms with van der Waals surface area (Å²) in [7, 11) is 0. The minimum Gasteiger partial charge on any atom is -0.355 e. The summed E-state index contributed by atoms with van der Waals surface area (Å²) in [6.07, 6.45) is 4.63. The van der Waals surface area contributed by atoms with Crippen molar-refractivity contribution in [2.75, 3.05) is 26.2 Å². The Balaban J connectivity index is 1.38. The van der Waals surface area contributed by atoms with Gasteiger partial charge in [-0.3, -0.25) is 14.5 Å². The number of benzene rings is 1. The molecule has 1 aromatic rings. The maximum atomic E-state index is 13.0. The highest BCUT2D eigenvalue weighted by Crippen LogP contribution is 2.28. The lowest BCUT2D eigenvalue weighted by Crippen LogP contribution is -2.39. The van der Waals surface area contributed by atoms with Gasteiger partial charge in [0.15, 0.2) is 0 Å². The lowest BCUT2D eigenvalue weighted by molar-refractivity contribution is -0.127. The van der Waals surface area contributed by atoms with E-state index < -0.39 is 0 Å². The van der Waals surface area contributed by atoms with Crippen molar-refractivity contribution in [1.29, 1.82) is 0 Å². The first kappa shape index (κ1) is 17.9. The zero-order valence-electron chi connectivity index (χ0n) is 14.5. The van der Waals surface area contributed by atoms with E-state index >= 15 is 0 Å². The molecule has 5 nitrogen and oxygen atoms in total. The zero-order valence-corrected chi connectivity index (χ0v) is 14.5. The number of likely N-dealkylation sites (tertiary alicyclic amines) is 1. The van der Waals surface area contributed by atoms with Gasteiger partial charge in [-0.2, -0.15) is 0 Å². The third-order valence-electron chi connectivity index (χ3n) is 4.81. The van der Waals surface area contributed by atoms with Crippen molar-refractivity contribution in [2.24, 2.45) is 0 Å². The van der Waals surface area contributed by atoms with E-state index in [1.165, 1.54) is 12.1 Å². The van der Waals surface area contributed by atoms with Crippen LogP contribution in [0.25, 0.3) is 0 Å². The third-order valence-corrected chi connectivity index (χ3v) is 4.81. The Bertz CT molecular complexity index is 601. The van der Waals surface area contributed by atoms with E-state index in [1.54, 1.807) is 12.1 Å². The van der Waals surface area contributed by atoms with Gasteiger partial charge in [-0.15, -0.1) is 0 Å². The normalized spacial score (nSPS) is 17.4. The average Bonchev–Trinajstić information content (AvgIpc) is 3.36. The van der Waals surface area contributed by atoms with Gasteiger partial charge in [0.1, 0.15) is 5.82 Å². The van der Waals surface area contributed by atoms with Crippen LogP contribution >= 0.6 is 0 Å². The molecule has 2 fully saturated rings. The van der Waals surface area contributed by atoms with Crippen LogP contribution in [0.3, 0.4) is 0 Å². The first-order chi connectivity index (χ1) is 12.1. The molecule has 1 aliphatic carbocycles. The molecule has 1 heterocycles. The minimum atomic E-state index is -0.240. The smallest absolute Gasteiger partial charge is 0.234 e. The van der Waals surface area contributed by atoms with Crippen molar-refractivity contribution in [3.63, 3.8) is 0 Å². The predicted octanol–water partition coefficient (Wildman–Crippen LogP) is 1.92. The van der Waals surface area contributed by atoms with Crippen LogP contribution in [0.2, 0.25) is 0 Å². The highest BCUT2D eigenvalue weighted by molar-refractivity contribution is 5.78. The fourth-order valence-corrected chi connectivity index (χ4v) is 3.26. The topological polar surface area (TPSA) is 52.7 Å². The van der Waals surface area contributed by atoms with Crippen LogP contribution in [-0.2, 0) is 16.1 Å².